The van der Waals surface area contributed by atoms with Crippen LogP contribution in [-0.2, 0) is 9.59 Å². The van der Waals surface area contributed by atoms with Crippen LogP contribution in [0, 0.1) is 11.8 Å². The summed E-state index contributed by atoms with van der Waals surface area (Å²) >= 11 is 0. The Morgan fingerprint density at radius 2 is 1.95 bits per heavy atom. The first-order valence-electron chi connectivity index (χ1n) is 8.06. The molecule has 0 fully saturated rings. The lowest BCUT2D eigenvalue weighted by Gasteiger charge is -2.33. The van der Waals surface area contributed by atoms with Gasteiger partial charge in [0.05, 0.1) is 0 Å². The fraction of sp³-hybridized carbons (Fsp3) is 0.579. The quantitative estimate of drug-likeness (QED) is 0.431. The minimum Gasteiger partial charge on any atom is -0.290 e. The van der Waals surface area contributed by atoms with Crippen molar-refractivity contribution in [2.75, 3.05) is 0 Å². The second-order valence-electron chi connectivity index (χ2n) is 6.74. The first-order valence-corrected chi connectivity index (χ1v) is 8.06. The number of hydrogen-bond donors (Lipinski definition) is 0. The van der Waals surface area contributed by atoms with Gasteiger partial charge in [0.25, 0.3) is 0 Å². The Balaban J connectivity index is 2.18. The van der Waals surface area contributed by atoms with E-state index in [0.717, 1.165) is 43.3 Å². The van der Waals surface area contributed by atoms with E-state index in [4.69, 9.17) is 0 Å². The van der Waals surface area contributed by atoms with Crippen molar-refractivity contribution in [1.82, 2.24) is 0 Å². The molecular weight excluding hydrogens is 260 g/mol. The maximum absolute atomic E-state index is 12.5. The molecule has 114 valence electrons. The summed E-state index contributed by atoms with van der Waals surface area (Å²) in [4.78, 5) is 24.8. The predicted molar refractivity (Wildman–Crippen MR) is 86.0 cm³/mol. The lowest BCUT2D eigenvalue weighted by Crippen LogP contribution is -2.30. The van der Waals surface area contributed by atoms with Crippen LogP contribution in [0.2, 0.25) is 0 Å². The molecule has 0 amide bonds. The highest BCUT2D eigenvalue weighted by atomic mass is 16.1. The van der Waals surface area contributed by atoms with Gasteiger partial charge in [0.15, 0.2) is 11.6 Å². The first kappa shape index (κ1) is 15.9. The molecule has 0 bridgehead atoms. The Kier molecular flexibility index (Phi) is 4.97. The molecule has 0 heterocycles. The number of rotatable bonds is 4. The van der Waals surface area contributed by atoms with E-state index < -0.39 is 0 Å². The van der Waals surface area contributed by atoms with Crippen molar-refractivity contribution in [3.05, 3.63) is 34.4 Å². The van der Waals surface area contributed by atoms with Crippen LogP contribution >= 0.6 is 0 Å². The van der Waals surface area contributed by atoms with Crippen molar-refractivity contribution in [3.8, 4) is 0 Å². The van der Waals surface area contributed by atoms with Gasteiger partial charge in [0.2, 0.25) is 0 Å². The van der Waals surface area contributed by atoms with Gasteiger partial charge in [-0.15, -0.1) is 0 Å². The Morgan fingerprint density at radius 3 is 2.62 bits per heavy atom. The Hall–Kier alpha value is -1.44. The molecule has 2 nitrogen and oxygen atoms in total. The van der Waals surface area contributed by atoms with Gasteiger partial charge < -0.3 is 0 Å². The molecule has 2 aliphatic rings. The van der Waals surface area contributed by atoms with Crippen LogP contribution in [0.15, 0.2) is 34.4 Å². The van der Waals surface area contributed by atoms with Crippen molar-refractivity contribution >= 4 is 11.6 Å². The summed E-state index contributed by atoms with van der Waals surface area (Å²) in [5.74, 6) is 0.698. The molecule has 21 heavy (non-hydrogen) atoms. The van der Waals surface area contributed by atoms with E-state index in [1.54, 1.807) is 6.92 Å². The summed E-state index contributed by atoms with van der Waals surface area (Å²) < 4.78 is 0. The standard InChI is InChI=1S/C19H26O2/c1-12(2)7-5-6-8-15-10-9-13(3)17-16(20)11-14(4)19(21)18(15)17/h7,11,13,15H,5-6,8-10H2,1-4H3/t13-,15-/m1/s1. The highest BCUT2D eigenvalue weighted by Gasteiger charge is 2.36. The van der Waals surface area contributed by atoms with Crippen LogP contribution in [0.3, 0.4) is 0 Å². The second-order valence-corrected chi connectivity index (χ2v) is 6.74. The van der Waals surface area contributed by atoms with E-state index in [2.05, 4.69) is 26.8 Å². The van der Waals surface area contributed by atoms with Gasteiger partial charge in [-0.2, -0.15) is 0 Å². The third kappa shape index (κ3) is 3.42. The molecule has 2 aliphatic carbocycles. The van der Waals surface area contributed by atoms with Gasteiger partial charge in [-0.1, -0.05) is 18.6 Å². The number of hydrogen-bond acceptors (Lipinski definition) is 2. The largest absolute Gasteiger partial charge is 0.290 e. The highest BCUT2D eigenvalue weighted by Crippen LogP contribution is 2.40. The summed E-state index contributed by atoms with van der Waals surface area (Å²) in [5.41, 5.74) is 3.61. The monoisotopic (exact) mass is 286 g/mol. The molecule has 0 aromatic rings. The van der Waals surface area contributed by atoms with Gasteiger partial charge in [0, 0.05) is 16.7 Å². The number of Topliss-reactive ketones (excluding diaryl/α,β-unsaturated/α-hetero) is 1. The average Bonchev–Trinajstić information content (AvgIpc) is 2.41. The lowest BCUT2D eigenvalue weighted by molar-refractivity contribution is -0.117. The number of carbonyl (C=O) groups excluding carboxylic acids is 2. The van der Waals surface area contributed by atoms with Gasteiger partial charge >= 0.3 is 0 Å². The zero-order valence-corrected chi connectivity index (χ0v) is 13.7. The van der Waals surface area contributed by atoms with Crippen LogP contribution in [0.4, 0.5) is 0 Å². The topological polar surface area (TPSA) is 34.1 Å². The van der Waals surface area contributed by atoms with E-state index in [-0.39, 0.29) is 23.4 Å². The molecule has 0 unspecified atom stereocenters. The van der Waals surface area contributed by atoms with Crippen molar-refractivity contribution in [3.63, 3.8) is 0 Å². The maximum atomic E-state index is 12.5. The van der Waals surface area contributed by atoms with E-state index in [0.29, 0.717) is 5.57 Å². The van der Waals surface area contributed by atoms with Crippen LogP contribution < -0.4 is 0 Å². The number of allylic oxidation sites excluding steroid dienone is 6. The molecule has 2 heteroatoms. The number of unbranched alkanes of at least 4 members (excludes halogenated alkanes) is 1. The summed E-state index contributed by atoms with van der Waals surface area (Å²) in [5, 5.41) is 0. The molecular formula is C19H26O2. The zero-order valence-electron chi connectivity index (χ0n) is 13.7. The van der Waals surface area contributed by atoms with E-state index in [1.165, 1.54) is 11.6 Å². The minimum atomic E-state index is 0.0728. The van der Waals surface area contributed by atoms with Gasteiger partial charge in [-0.05, 0) is 70.8 Å². The molecule has 0 saturated heterocycles. The van der Waals surface area contributed by atoms with E-state index in [1.807, 2.05) is 0 Å². The smallest absolute Gasteiger partial charge is 0.185 e. The SMILES string of the molecule is CC(C)=CCCC[C@@H]1CC[C@@H](C)C2=C1C(=O)C(C)=CC2=O. The van der Waals surface area contributed by atoms with Crippen LogP contribution in [0.1, 0.15) is 59.8 Å². The third-order valence-corrected chi connectivity index (χ3v) is 4.66. The van der Waals surface area contributed by atoms with Crippen molar-refractivity contribution in [2.45, 2.75) is 59.8 Å². The fourth-order valence-corrected chi connectivity index (χ4v) is 3.50. The predicted octanol–water partition coefficient (Wildman–Crippen LogP) is 4.56. The minimum absolute atomic E-state index is 0.0728. The molecule has 0 N–H and O–H groups in total. The Labute approximate surface area is 128 Å². The van der Waals surface area contributed by atoms with Crippen molar-refractivity contribution in [1.29, 1.82) is 0 Å². The van der Waals surface area contributed by atoms with Crippen LogP contribution in [0.5, 0.6) is 0 Å². The fourth-order valence-electron chi connectivity index (χ4n) is 3.50. The van der Waals surface area contributed by atoms with Crippen LogP contribution in [-0.4, -0.2) is 11.6 Å². The first-order chi connectivity index (χ1) is 9.91. The van der Waals surface area contributed by atoms with Gasteiger partial charge in [0.1, 0.15) is 0 Å². The van der Waals surface area contributed by atoms with E-state index >= 15 is 0 Å². The van der Waals surface area contributed by atoms with Gasteiger partial charge in [-0.3, -0.25) is 9.59 Å². The van der Waals surface area contributed by atoms with E-state index in [9.17, 15) is 9.59 Å². The molecule has 2 atom stereocenters. The van der Waals surface area contributed by atoms with Crippen LogP contribution in [0.25, 0.3) is 0 Å². The molecule has 0 spiro atoms. The maximum Gasteiger partial charge on any atom is 0.185 e. The molecule has 0 aliphatic heterocycles. The van der Waals surface area contributed by atoms with Crippen molar-refractivity contribution in [2.24, 2.45) is 11.8 Å². The third-order valence-electron chi connectivity index (χ3n) is 4.66. The molecule has 0 aromatic carbocycles. The summed E-state index contributed by atoms with van der Waals surface area (Å²) in [6, 6.07) is 0. The Morgan fingerprint density at radius 1 is 1.24 bits per heavy atom. The lowest BCUT2D eigenvalue weighted by atomic mass is 9.69. The number of carbonyl (C=O) groups is 2. The normalized spacial score (nSPS) is 25.6. The molecule has 0 aromatic heterocycles. The summed E-state index contributed by atoms with van der Waals surface area (Å²) in [6.07, 6.45) is 9.02. The van der Waals surface area contributed by atoms with Crippen molar-refractivity contribution < 1.29 is 9.59 Å². The molecule has 0 saturated carbocycles. The number of ketones is 2. The molecule has 0 radical (unpaired) electrons. The molecule has 2 rings (SSSR count). The second kappa shape index (κ2) is 6.55. The summed E-state index contributed by atoms with van der Waals surface area (Å²) in [6.45, 7) is 8.07. The zero-order chi connectivity index (χ0) is 15.6. The average molecular weight is 286 g/mol. The Bertz CT molecular complexity index is 542. The summed E-state index contributed by atoms with van der Waals surface area (Å²) in [7, 11) is 0. The van der Waals surface area contributed by atoms with Gasteiger partial charge in [-0.25, -0.2) is 0 Å². The highest BCUT2D eigenvalue weighted by molar-refractivity contribution is 6.23.